The van der Waals surface area contributed by atoms with Gasteiger partial charge in [0.1, 0.15) is 12.4 Å². The highest BCUT2D eigenvalue weighted by Crippen LogP contribution is 2.24. The lowest BCUT2D eigenvalue weighted by Gasteiger charge is -2.33. The van der Waals surface area contributed by atoms with Crippen LogP contribution in [0.4, 0.5) is 13.2 Å². The summed E-state index contributed by atoms with van der Waals surface area (Å²) in [5.41, 5.74) is 1.21. The third-order valence-electron chi connectivity index (χ3n) is 5.43. The van der Waals surface area contributed by atoms with Crippen molar-refractivity contribution in [3.63, 3.8) is 0 Å². The van der Waals surface area contributed by atoms with Crippen molar-refractivity contribution in [2.24, 2.45) is 0 Å². The maximum absolute atomic E-state index is 12.0. The van der Waals surface area contributed by atoms with Gasteiger partial charge in [-0.25, -0.2) is 4.79 Å². The lowest BCUT2D eigenvalue weighted by Crippen LogP contribution is -2.38. The molecule has 1 fully saturated rings. The van der Waals surface area contributed by atoms with Gasteiger partial charge in [-0.05, 0) is 37.5 Å². The molecular formula is C21H27F3N4O5. The predicted octanol–water partition coefficient (Wildman–Crippen LogP) is 2.70. The summed E-state index contributed by atoms with van der Waals surface area (Å²) in [5.74, 6) is -1.66. The number of halogens is 3. The lowest BCUT2D eigenvalue weighted by molar-refractivity contribution is -0.192. The van der Waals surface area contributed by atoms with Gasteiger partial charge in [-0.2, -0.15) is 18.3 Å². The molecule has 12 heteroatoms. The van der Waals surface area contributed by atoms with Gasteiger partial charge in [0.2, 0.25) is 5.91 Å². The van der Waals surface area contributed by atoms with Crippen molar-refractivity contribution >= 4 is 11.9 Å². The van der Waals surface area contributed by atoms with Gasteiger partial charge in [0, 0.05) is 39.0 Å². The second-order valence-corrected chi connectivity index (χ2v) is 7.90. The largest absolute Gasteiger partial charge is 0.490 e. The maximum Gasteiger partial charge on any atom is 0.490 e. The minimum absolute atomic E-state index is 0.116. The van der Waals surface area contributed by atoms with E-state index in [0.29, 0.717) is 6.61 Å². The van der Waals surface area contributed by atoms with E-state index in [1.54, 1.807) is 6.26 Å². The summed E-state index contributed by atoms with van der Waals surface area (Å²) in [5, 5.41) is 11.6. The van der Waals surface area contributed by atoms with E-state index in [0.717, 1.165) is 57.7 Å². The molecule has 4 rings (SSSR count). The number of fused-ring (bicyclic) bond motifs is 1. The van der Waals surface area contributed by atoms with Crippen LogP contribution in [0.15, 0.2) is 35.1 Å². The number of likely N-dealkylation sites (tertiary alicyclic amines) is 1. The first-order valence-corrected chi connectivity index (χ1v) is 10.7. The third kappa shape index (κ3) is 7.32. The Hall–Kier alpha value is -2.86. The number of carboxylic acids is 1. The number of aliphatic carboxylic acids is 1. The van der Waals surface area contributed by atoms with Crippen LogP contribution in [-0.2, 0) is 27.4 Å². The molecule has 2 aliphatic rings. The summed E-state index contributed by atoms with van der Waals surface area (Å²) in [6.07, 6.45) is 1.56. The van der Waals surface area contributed by atoms with Gasteiger partial charge in [0.25, 0.3) is 0 Å². The second-order valence-electron chi connectivity index (χ2n) is 7.90. The number of carbonyl (C=O) groups excluding carboxylic acids is 1. The van der Waals surface area contributed by atoms with Crippen LogP contribution in [-0.4, -0.2) is 75.6 Å². The number of carbonyl (C=O) groups is 2. The van der Waals surface area contributed by atoms with Gasteiger partial charge < -0.3 is 19.2 Å². The van der Waals surface area contributed by atoms with Gasteiger partial charge in [-0.3, -0.25) is 14.4 Å². The highest BCUT2D eigenvalue weighted by molar-refractivity contribution is 5.77. The third-order valence-corrected chi connectivity index (χ3v) is 5.43. The molecule has 9 nitrogen and oxygen atoms in total. The Bertz CT molecular complexity index is 894. The zero-order valence-corrected chi connectivity index (χ0v) is 18.0. The first-order chi connectivity index (χ1) is 15.7. The number of aromatic nitrogens is 2. The normalized spacial score (nSPS) is 18.5. The molecule has 1 N–H and O–H groups in total. The lowest BCUT2D eigenvalue weighted by atomic mass is 10.1. The number of ether oxygens (including phenoxy) is 1. The summed E-state index contributed by atoms with van der Waals surface area (Å²) < 4.78 is 45.0. The Morgan fingerprint density at radius 1 is 1.24 bits per heavy atom. The maximum atomic E-state index is 12.0. The van der Waals surface area contributed by atoms with Crippen molar-refractivity contribution in [3.8, 4) is 0 Å². The average Bonchev–Trinajstić information content (AvgIpc) is 3.53. The van der Waals surface area contributed by atoms with Crippen LogP contribution in [0.5, 0.6) is 0 Å². The number of furan rings is 1. The number of amides is 1. The minimum Gasteiger partial charge on any atom is -0.475 e. The molecule has 0 bridgehead atoms. The quantitative estimate of drug-likeness (QED) is 0.619. The molecule has 0 aromatic carbocycles. The Kier molecular flexibility index (Phi) is 8.50. The zero-order chi connectivity index (χ0) is 23.8. The van der Waals surface area contributed by atoms with E-state index < -0.39 is 12.1 Å². The van der Waals surface area contributed by atoms with Crippen LogP contribution in [0, 0.1) is 0 Å². The number of carboxylic acid groups (broad SMARTS) is 1. The molecule has 1 saturated heterocycles. The summed E-state index contributed by atoms with van der Waals surface area (Å²) >= 11 is 0. The van der Waals surface area contributed by atoms with Crippen molar-refractivity contribution < 1.29 is 37.0 Å². The van der Waals surface area contributed by atoms with E-state index in [-0.39, 0.29) is 18.6 Å². The van der Waals surface area contributed by atoms with Crippen molar-refractivity contribution in [2.45, 2.75) is 44.6 Å². The summed E-state index contributed by atoms with van der Waals surface area (Å²) in [7, 11) is 0. The summed E-state index contributed by atoms with van der Waals surface area (Å²) in [6.45, 7) is 5.08. The monoisotopic (exact) mass is 472 g/mol. The van der Waals surface area contributed by atoms with Crippen LogP contribution in [0.1, 0.15) is 36.8 Å². The molecule has 0 radical (unpaired) electrons. The fourth-order valence-electron chi connectivity index (χ4n) is 3.86. The van der Waals surface area contributed by atoms with Crippen molar-refractivity contribution in [1.82, 2.24) is 19.6 Å². The molecule has 2 aromatic rings. The highest BCUT2D eigenvalue weighted by atomic mass is 19.4. The Morgan fingerprint density at radius 3 is 2.61 bits per heavy atom. The zero-order valence-electron chi connectivity index (χ0n) is 18.0. The first kappa shape index (κ1) is 24.8. The minimum atomic E-state index is -5.08. The molecular weight excluding hydrogens is 445 g/mol. The second kappa shape index (κ2) is 11.3. The molecule has 1 atom stereocenters. The van der Waals surface area contributed by atoms with Gasteiger partial charge in [-0.1, -0.05) is 0 Å². The van der Waals surface area contributed by atoms with E-state index in [2.05, 4.69) is 20.7 Å². The van der Waals surface area contributed by atoms with Crippen molar-refractivity contribution in [1.29, 1.82) is 0 Å². The van der Waals surface area contributed by atoms with Crippen LogP contribution in [0.3, 0.4) is 0 Å². The Balaban J connectivity index is 0.000000383. The molecule has 1 amide bonds. The Morgan fingerprint density at radius 2 is 1.97 bits per heavy atom. The van der Waals surface area contributed by atoms with E-state index in [1.165, 1.54) is 5.69 Å². The van der Waals surface area contributed by atoms with Crippen LogP contribution in [0.2, 0.25) is 0 Å². The van der Waals surface area contributed by atoms with Gasteiger partial charge >= 0.3 is 12.1 Å². The molecule has 182 valence electrons. The van der Waals surface area contributed by atoms with Crippen LogP contribution in [0.25, 0.3) is 0 Å². The fraction of sp³-hybridized carbons (Fsp3) is 0.571. The smallest absolute Gasteiger partial charge is 0.475 e. The van der Waals surface area contributed by atoms with E-state index >= 15 is 0 Å². The molecule has 0 aliphatic carbocycles. The van der Waals surface area contributed by atoms with E-state index in [4.69, 9.17) is 19.1 Å². The van der Waals surface area contributed by atoms with Crippen LogP contribution >= 0.6 is 0 Å². The molecule has 1 unspecified atom stereocenters. The standard InChI is InChI=1S/C19H26N4O3.C2HF3O2/c24-19(22-8-1-2-9-22)15-25-11-6-17-13-21(14-18-4-3-10-26-18)12-16-5-7-20-23(16)17;3-2(4,5)1(6)7/h3-5,7,10,17H,1-2,6,8-9,11-15H2;(H,6,7). The molecule has 33 heavy (non-hydrogen) atoms. The van der Waals surface area contributed by atoms with Gasteiger partial charge in [0.05, 0.1) is 24.5 Å². The van der Waals surface area contributed by atoms with Gasteiger partial charge in [0.15, 0.2) is 0 Å². The van der Waals surface area contributed by atoms with Crippen molar-refractivity contribution in [3.05, 3.63) is 42.1 Å². The SMILES string of the molecule is O=C(COCCC1CN(Cc2ccco2)Cc2ccnn21)N1CCCC1.O=C(O)C(F)(F)F. The molecule has 4 heterocycles. The van der Waals surface area contributed by atoms with E-state index in [1.807, 2.05) is 23.2 Å². The van der Waals surface area contributed by atoms with E-state index in [9.17, 15) is 18.0 Å². The number of nitrogens with zero attached hydrogens (tertiary/aromatic N) is 4. The summed E-state index contributed by atoms with van der Waals surface area (Å²) in [6, 6.07) is 6.25. The average molecular weight is 472 g/mol. The number of hydrogen-bond acceptors (Lipinski definition) is 6. The number of hydrogen-bond donors (Lipinski definition) is 1. The molecule has 2 aromatic heterocycles. The first-order valence-electron chi connectivity index (χ1n) is 10.7. The fourth-order valence-corrected chi connectivity index (χ4v) is 3.86. The summed E-state index contributed by atoms with van der Waals surface area (Å²) in [4.78, 5) is 25.2. The molecule has 0 saturated carbocycles. The highest BCUT2D eigenvalue weighted by Gasteiger charge is 2.38. The Labute approximate surface area is 188 Å². The molecule has 2 aliphatic heterocycles. The number of alkyl halides is 3. The number of rotatable bonds is 7. The topological polar surface area (TPSA) is 101 Å². The van der Waals surface area contributed by atoms with Gasteiger partial charge in [-0.15, -0.1) is 0 Å². The predicted molar refractivity (Wildman–Crippen MR) is 109 cm³/mol. The molecule has 0 spiro atoms. The van der Waals surface area contributed by atoms with Crippen LogP contribution < -0.4 is 0 Å². The van der Waals surface area contributed by atoms with Crippen molar-refractivity contribution in [2.75, 3.05) is 32.8 Å².